The first-order valence-electron chi connectivity index (χ1n) is 5.16. The number of aromatic nitrogens is 3. The second-order valence-corrected chi connectivity index (χ2v) is 4.31. The highest BCUT2D eigenvalue weighted by Gasteiger charge is 2.03. The van der Waals surface area contributed by atoms with E-state index in [2.05, 4.69) is 22.2 Å². The zero-order chi connectivity index (χ0) is 11.4. The normalized spacial score (nSPS) is 10.8. The quantitative estimate of drug-likeness (QED) is 0.809. The largest absolute Gasteiger partial charge is 0.327 e. The molecule has 0 atom stereocenters. The van der Waals surface area contributed by atoms with Crippen LogP contribution in [0.5, 0.6) is 0 Å². The molecule has 0 aliphatic heterocycles. The molecule has 0 aliphatic carbocycles. The van der Waals surface area contributed by atoms with Gasteiger partial charge in [0.1, 0.15) is 0 Å². The molecule has 86 valence electrons. The topological polar surface area (TPSA) is 62.7 Å². The average Bonchev–Trinajstić information content (AvgIpc) is 2.86. The van der Waals surface area contributed by atoms with E-state index in [9.17, 15) is 4.79 Å². The van der Waals surface area contributed by atoms with Crippen molar-refractivity contribution in [1.82, 2.24) is 19.9 Å². The van der Waals surface area contributed by atoms with Gasteiger partial charge in [0.15, 0.2) is 0 Å². The number of nitrogens with one attached hydrogen (secondary N) is 2. The second kappa shape index (κ2) is 5.09. The summed E-state index contributed by atoms with van der Waals surface area (Å²) >= 11 is 1.19. The Morgan fingerprint density at radius 1 is 1.62 bits per heavy atom. The van der Waals surface area contributed by atoms with E-state index in [1.807, 2.05) is 16.1 Å². The average molecular weight is 238 g/mol. The molecule has 2 aromatic rings. The summed E-state index contributed by atoms with van der Waals surface area (Å²) in [5.74, 6) is 0. The monoisotopic (exact) mass is 238 g/mol. The number of rotatable bonds is 5. The molecular formula is C10H14N4OS. The fraction of sp³-hybridized carbons (Fsp3) is 0.400. The SMILES string of the molecule is CCNCc1cncn1Cc1csc(=O)[nH]1. The van der Waals surface area contributed by atoms with Crippen LogP contribution in [-0.2, 0) is 13.1 Å². The zero-order valence-corrected chi connectivity index (χ0v) is 9.88. The number of H-pyrrole nitrogens is 1. The maximum atomic E-state index is 11.0. The van der Waals surface area contributed by atoms with Crippen LogP contribution < -0.4 is 10.2 Å². The number of aromatic amines is 1. The highest BCUT2D eigenvalue weighted by molar-refractivity contribution is 7.07. The lowest BCUT2D eigenvalue weighted by Crippen LogP contribution is -2.15. The second-order valence-electron chi connectivity index (χ2n) is 3.47. The Bertz CT molecular complexity index is 499. The predicted octanol–water partition coefficient (Wildman–Crippen LogP) is 0.791. The Balaban J connectivity index is 2.09. The van der Waals surface area contributed by atoms with E-state index in [1.165, 1.54) is 11.3 Å². The minimum atomic E-state index is -0.0108. The van der Waals surface area contributed by atoms with Gasteiger partial charge in [-0.2, -0.15) is 0 Å². The van der Waals surface area contributed by atoms with E-state index in [4.69, 9.17) is 0 Å². The van der Waals surface area contributed by atoms with Gasteiger partial charge in [-0.15, -0.1) is 0 Å². The van der Waals surface area contributed by atoms with Crippen LogP contribution in [0.2, 0.25) is 0 Å². The van der Waals surface area contributed by atoms with Crippen molar-refractivity contribution in [2.45, 2.75) is 20.0 Å². The zero-order valence-electron chi connectivity index (χ0n) is 9.06. The molecule has 0 amide bonds. The fourth-order valence-electron chi connectivity index (χ4n) is 1.47. The number of nitrogens with zero attached hydrogens (tertiary/aromatic N) is 2. The van der Waals surface area contributed by atoms with Crippen molar-refractivity contribution in [3.05, 3.63) is 39.0 Å². The number of imidazole rings is 1. The first-order valence-corrected chi connectivity index (χ1v) is 6.04. The minimum absolute atomic E-state index is 0.0108. The summed E-state index contributed by atoms with van der Waals surface area (Å²) in [6, 6.07) is 0. The third-order valence-corrected chi connectivity index (χ3v) is 2.98. The van der Waals surface area contributed by atoms with Gasteiger partial charge in [0.05, 0.1) is 18.6 Å². The molecule has 0 fully saturated rings. The van der Waals surface area contributed by atoms with Crippen molar-refractivity contribution < 1.29 is 0 Å². The molecule has 0 unspecified atom stereocenters. The van der Waals surface area contributed by atoms with E-state index < -0.39 is 0 Å². The standard InChI is InChI=1S/C10H14N4OS/c1-2-11-3-9-4-12-7-14(9)5-8-6-16-10(15)13-8/h4,6-7,11H,2-3,5H2,1H3,(H,13,15). The molecule has 0 spiro atoms. The molecule has 16 heavy (non-hydrogen) atoms. The highest BCUT2D eigenvalue weighted by Crippen LogP contribution is 2.04. The van der Waals surface area contributed by atoms with E-state index in [0.717, 1.165) is 24.5 Å². The molecule has 0 saturated heterocycles. The van der Waals surface area contributed by atoms with Gasteiger partial charge in [0.25, 0.3) is 0 Å². The lowest BCUT2D eigenvalue weighted by molar-refractivity contribution is 0.652. The molecule has 0 bridgehead atoms. The molecule has 0 aromatic carbocycles. The number of hydrogen-bond donors (Lipinski definition) is 2. The van der Waals surface area contributed by atoms with Gasteiger partial charge in [-0.25, -0.2) is 4.98 Å². The van der Waals surface area contributed by atoms with Crippen LogP contribution in [0.15, 0.2) is 22.7 Å². The Morgan fingerprint density at radius 2 is 2.50 bits per heavy atom. The summed E-state index contributed by atoms with van der Waals surface area (Å²) in [5.41, 5.74) is 2.04. The van der Waals surface area contributed by atoms with Crippen LogP contribution in [0.1, 0.15) is 18.3 Å². The molecule has 2 heterocycles. The van der Waals surface area contributed by atoms with Gasteiger partial charge >= 0.3 is 4.87 Å². The maximum absolute atomic E-state index is 11.0. The Labute approximate surface area is 97.2 Å². The summed E-state index contributed by atoms with van der Waals surface area (Å²) in [6.45, 7) is 4.46. The maximum Gasteiger partial charge on any atom is 0.304 e. The van der Waals surface area contributed by atoms with Gasteiger partial charge in [0.2, 0.25) is 0 Å². The number of hydrogen-bond acceptors (Lipinski definition) is 4. The summed E-state index contributed by atoms with van der Waals surface area (Å²) in [4.78, 5) is 17.9. The van der Waals surface area contributed by atoms with Gasteiger partial charge in [-0.1, -0.05) is 18.3 Å². The molecular weight excluding hydrogens is 224 g/mol. The van der Waals surface area contributed by atoms with Crippen molar-refractivity contribution in [2.24, 2.45) is 0 Å². The Morgan fingerprint density at radius 3 is 3.19 bits per heavy atom. The molecule has 6 heteroatoms. The summed E-state index contributed by atoms with van der Waals surface area (Å²) in [7, 11) is 0. The molecule has 5 nitrogen and oxygen atoms in total. The Kier molecular flexibility index (Phi) is 3.53. The van der Waals surface area contributed by atoms with Crippen LogP contribution >= 0.6 is 11.3 Å². The Hall–Kier alpha value is -1.40. The molecule has 2 N–H and O–H groups in total. The third-order valence-electron chi connectivity index (χ3n) is 2.27. The van der Waals surface area contributed by atoms with Gasteiger partial charge in [-0.05, 0) is 6.54 Å². The van der Waals surface area contributed by atoms with Crippen LogP contribution in [0.3, 0.4) is 0 Å². The lowest BCUT2D eigenvalue weighted by atomic mass is 10.4. The summed E-state index contributed by atoms with van der Waals surface area (Å²) < 4.78 is 2.03. The molecule has 0 radical (unpaired) electrons. The van der Waals surface area contributed by atoms with Crippen LogP contribution in [0, 0.1) is 0 Å². The van der Waals surface area contributed by atoms with E-state index in [1.54, 1.807) is 6.33 Å². The first kappa shape index (κ1) is 11.1. The summed E-state index contributed by atoms with van der Waals surface area (Å²) in [6.07, 6.45) is 3.62. The van der Waals surface area contributed by atoms with E-state index in [0.29, 0.717) is 6.54 Å². The lowest BCUT2D eigenvalue weighted by Gasteiger charge is -2.06. The van der Waals surface area contributed by atoms with Crippen molar-refractivity contribution >= 4 is 11.3 Å². The van der Waals surface area contributed by atoms with Crippen molar-refractivity contribution in [3.8, 4) is 0 Å². The summed E-state index contributed by atoms with van der Waals surface area (Å²) in [5, 5.41) is 5.10. The molecule has 2 aromatic heterocycles. The third kappa shape index (κ3) is 2.59. The van der Waals surface area contributed by atoms with Crippen molar-refractivity contribution in [3.63, 3.8) is 0 Å². The van der Waals surface area contributed by atoms with E-state index in [-0.39, 0.29) is 4.87 Å². The molecule has 0 aliphatic rings. The van der Waals surface area contributed by atoms with Gasteiger partial charge < -0.3 is 14.9 Å². The first-order chi connectivity index (χ1) is 7.79. The van der Waals surface area contributed by atoms with Crippen molar-refractivity contribution in [2.75, 3.05) is 6.54 Å². The molecule has 0 saturated carbocycles. The van der Waals surface area contributed by atoms with Crippen LogP contribution in [-0.4, -0.2) is 21.1 Å². The van der Waals surface area contributed by atoms with Crippen LogP contribution in [0.4, 0.5) is 0 Å². The minimum Gasteiger partial charge on any atom is -0.327 e. The molecule has 2 rings (SSSR count). The smallest absolute Gasteiger partial charge is 0.304 e. The fourth-order valence-corrected chi connectivity index (χ4v) is 2.04. The predicted molar refractivity (Wildman–Crippen MR) is 63.6 cm³/mol. The van der Waals surface area contributed by atoms with E-state index >= 15 is 0 Å². The van der Waals surface area contributed by atoms with Crippen LogP contribution in [0.25, 0.3) is 0 Å². The van der Waals surface area contributed by atoms with Gasteiger partial charge in [-0.3, -0.25) is 4.79 Å². The van der Waals surface area contributed by atoms with Gasteiger partial charge in [0, 0.05) is 23.8 Å². The highest BCUT2D eigenvalue weighted by atomic mass is 32.1. The number of thiazole rings is 1. The van der Waals surface area contributed by atoms with Crippen molar-refractivity contribution in [1.29, 1.82) is 0 Å².